The van der Waals surface area contributed by atoms with Crippen LogP contribution in [0.15, 0.2) is 24.3 Å². The molecule has 1 aromatic rings. The van der Waals surface area contributed by atoms with E-state index < -0.39 is 0 Å². The number of piperidine rings is 2. The normalized spacial score (nSPS) is 30.4. The van der Waals surface area contributed by atoms with Gasteiger partial charge in [0.15, 0.2) is 0 Å². The lowest BCUT2D eigenvalue weighted by atomic mass is 9.88. The lowest BCUT2D eigenvalue weighted by molar-refractivity contribution is -0.134. The van der Waals surface area contributed by atoms with Crippen molar-refractivity contribution in [2.75, 3.05) is 33.3 Å². The van der Waals surface area contributed by atoms with Crippen LogP contribution in [-0.4, -0.2) is 44.1 Å². The van der Waals surface area contributed by atoms with Gasteiger partial charge in [-0.1, -0.05) is 12.1 Å². The Labute approximate surface area is 144 Å². The molecule has 1 saturated carbocycles. The van der Waals surface area contributed by atoms with Gasteiger partial charge >= 0.3 is 0 Å². The quantitative estimate of drug-likeness (QED) is 0.928. The Morgan fingerprint density at radius 2 is 2.17 bits per heavy atom. The van der Waals surface area contributed by atoms with Gasteiger partial charge in [-0.3, -0.25) is 4.79 Å². The number of carbonyl (C=O) groups excluding carboxylic acids is 1. The monoisotopic (exact) mass is 328 g/mol. The minimum absolute atomic E-state index is 0.290. The van der Waals surface area contributed by atoms with Gasteiger partial charge in [-0.15, -0.1) is 0 Å². The van der Waals surface area contributed by atoms with E-state index in [1.54, 1.807) is 7.11 Å². The van der Waals surface area contributed by atoms with Crippen LogP contribution in [0.1, 0.15) is 43.6 Å². The van der Waals surface area contributed by atoms with E-state index in [9.17, 15) is 4.79 Å². The van der Waals surface area contributed by atoms with Gasteiger partial charge in [0.25, 0.3) is 0 Å². The van der Waals surface area contributed by atoms with Gasteiger partial charge in [0, 0.05) is 25.6 Å². The molecule has 4 nitrogen and oxygen atoms in total. The van der Waals surface area contributed by atoms with Crippen LogP contribution in [0.25, 0.3) is 0 Å². The Kier molecular flexibility index (Phi) is 4.25. The zero-order valence-corrected chi connectivity index (χ0v) is 14.6. The second-order valence-corrected chi connectivity index (χ2v) is 7.78. The summed E-state index contributed by atoms with van der Waals surface area (Å²) in [4.78, 5) is 15.0. The van der Waals surface area contributed by atoms with Crippen molar-refractivity contribution in [1.29, 1.82) is 0 Å². The molecule has 4 heteroatoms. The van der Waals surface area contributed by atoms with Crippen LogP contribution in [0.2, 0.25) is 0 Å². The van der Waals surface area contributed by atoms with Crippen molar-refractivity contribution in [1.82, 2.24) is 10.2 Å². The lowest BCUT2D eigenvalue weighted by Crippen LogP contribution is -2.41. The summed E-state index contributed by atoms with van der Waals surface area (Å²) < 4.78 is 5.34. The average molecular weight is 328 g/mol. The number of ether oxygens (including phenoxy) is 1. The predicted molar refractivity (Wildman–Crippen MR) is 94.2 cm³/mol. The fourth-order valence-electron chi connectivity index (χ4n) is 4.71. The van der Waals surface area contributed by atoms with E-state index in [0.29, 0.717) is 23.2 Å². The fourth-order valence-corrected chi connectivity index (χ4v) is 4.71. The lowest BCUT2D eigenvalue weighted by Gasteiger charge is -2.33. The Hall–Kier alpha value is -1.55. The van der Waals surface area contributed by atoms with Crippen molar-refractivity contribution in [3.63, 3.8) is 0 Å². The molecule has 3 fully saturated rings. The zero-order chi connectivity index (χ0) is 16.6. The topological polar surface area (TPSA) is 41.6 Å². The largest absolute Gasteiger partial charge is 0.497 e. The Morgan fingerprint density at radius 1 is 1.33 bits per heavy atom. The number of amides is 1. The highest BCUT2D eigenvalue weighted by Crippen LogP contribution is 2.57. The molecule has 1 aromatic carbocycles. The molecule has 1 N–H and O–H groups in total. The van der Waals surface area contributed by atoms with E-state index in [4.69, 9.17) is 4.74 Å². The molecule has 2 atom stereocenters. The third-order valence-corrected chi connectivity index (χ3v) is 6.36. The maximum absolute atomic E-state index is 12.9. The summed E-state index contributed by atoms with van der Waals surface area (Å²) in [5.41, 5.74) is 1.65. The SMILES string of the molecule is COc1cccc(C2CCN(C(=O)C3CC34CCCNC4)CC2)c1. The van der Waals surface area contributed by atoms with Crippen molar-refractivity contribution in [3.05, 3.63) is 29.8 Å². The van der Waals surface area contributed by atoms with E-state index in [1.165, 1.54) is 18.4 Å². The first-order chi connectivity index (χ1) is 11.7. The van der Waals surface area contributed by atoms with Crippen LogP contribution in [0.5, 0.6) is 5.75 Å². The summed E-state index contributed by atoms with van der Waals surface area (Å²) in [6.07, 6.45) is 5.70. The summed E-state index contributed by atoms with van der Waals surface area (Å²) in [5.74, 6) is 2.19. The van der Waals surface area contributed by atoms with Crippen molar-refractivity contribution in [2.24, 2.45) is 11.3 Å². The highest BCUT2D eigenvalue weighted by molar-refractivity contribution is 5.83. The molecule has 2 aliphatic heterocycles. The van der Waals surface area contributed by atoms with Gasteiger partial charge in [-0.05, 0) is 67.7 Å². The van der Waals surface area contributed by atoms with E-state index >= 15 is 0 Å². The molecule has 0 radical (unpaired) electrons. The number of nitrogens with zero attached hydrogens (tertiary/aromatic N) is 1. The van der Waals surface area contributed by atoms with Gasteiger partial charge in [-0.2, -0.15) is 0 Å². The van der Waals surface area contributed by atoms with Gasteiger partial charge in [0.05, 0.1) is 7.11 Å². The maximum atomic E-state index is 12.9. The molecule has 4 rings (SSSR count). The van der Waals surface area contributed by atoms with E-state index in [2.05, 4.69) is 28.4 Å². The van der Waals surface area contributed by atoms with Gasteiger partial charge < -0.3 is 15.0 Å². The molecule has 0 bridgehead atoms. The molecule has 3 aliphatic rings. The number of hydrogen-bond donors (Lipinski definition) is 1. The molecule has 2 unspecified atom stereocenters. The van der Waals surface area contributed by atoms with Gasteiger partial charge in [0.2, 0.25) is 5.91 Å². The third kappa shape index (κ3) is 2.92. The van der Waals surface area contributed by atoms with Crippen molar-refractivity contribution in [3.8, 4) is 5.75 Å². The summed E-state index contributed by atoms with van der Waals surface area (Å²) in [7, 11) is 1.71. The maximum Gasteiger partial charge on any atom is 0.226 e. The molecule has 0 aromatic heterocycles. The number of nitrogens with one attached hydrogen (secondary N) is 1. The van der Waals surface area contributed by atoms with Crippen LogP contribution < -0.4 is 10.1 Å². The van der Waals surface area contributed by atoms with Crippen LogP contribution >= 0.6 is 0 Å². The summed E-state index contributed by atoms with van der Waals surface area (Å²) in [6.45, 7) is 3.97. The molecule has 1 spiro atoms. The standard InChI is InChI=1S/C20H28N2O2/c1-24-17-5-2-4-16(12-17)15-6-10-22(11-7-15)19(23)18-13-20(18)8-3-9-21-14-20/h2,4-5,12,15,18,21H,3,6-11,13-14H2,1H3. The molecular weight excluding hydrogens is 300 g/mol. The predicted octanol–water partition coefficient (Wildman–Crippen LogP) is 2.79. The van der Waals surface area contributed by atoms with Gasteiger partial charge in [-0.25, -0.2) is 0 Å². The summed E-state index contributed by atoms with van der Waals surface area (Å²) in [6, 6.07) is 8.39. The summed E-state index contributed by atoms with van der Waals surface area (Å²) >= 11 is 0. The van der Waals surface area contributed by atoms with E-state index in [0.717, 1.165) is 51.2 Å². The van der Waals surface area contributed by atoms with Crippen LogP contribution in [-0.2, 0) is 4.79 Å². The van der Waals surface area contributed by atoms with Crippen molar-refractivity contribution >= 4 is 5.91 Å². The molecule has 2 saturated heterocycles. The van der Waals surface area contributed by atoms with Crippen LogP contribution in [0, 0.1) is 11.3 Å². The minimum Gasteiger partial charge on any atom is -0.497 e. The molecule has 1 amide bonds. The van der Waals surface area contributed by atoms with E-state index in [1.807, 2.05) is 6.07 Å². The highest BCUT2D eigenvalue weighted by Gasteiger charge is 2.58. The van der Waals surface area contributed by atoms with Gasteiger partial charge in [0.1, 0.15) is 5.75 Å². The molecule has 1 aliphatic carbocycles. The number of likely N-dealkylation sites (tertiary alicyclic amines) is 1. The Morgan fingerprint density at radius 3 is 2.88 bits per heavy atom. The first-order valence-corrected chi connectivity index (χ1v) is 9.35. The number of benzene rings is 1. The first kappa shape index (κ1) is 15.9. The second-order valence-electron chi connectivity index (χ2n) is 7.78. The number of methoxy groups -OCH3 is 1. The molecule has 130 valence electrons. The summed E-state index contributed by atoms with van der Waals surface area (Å²) in [5, 5.41) is 3.48. The number of hydrogen-bond acceptors (Lipinski definition) is 3. The fraction of sp³-hybridized carbons (Fsp3) is 0.650. The zero-order valence-electron chi connectivity index (χ0n) is 14.6. The smallest absolute Gasteiger partial charge is 0.226 e. The molecule has 2 heterocycles. The van der Waals surface area contributed by atoms with Crippen molar-refractivity contribution < 1.29 is 9.53 Å². The molecular formula is C20H28N2O2. The van der Waals surface area contributed by atoms with Crippen molar-refractivity contribution in [2.45, 2.75) is 38.0 Å². The van der Waals surface area contributed by atoms with Crippen LogP contribution in [0.3, 0.4) is 0 Å². The highest BCUT2D eigenvalue weighted by atomic mass is 16.5. The van der Waals surface area contributed by atoms with Crippen LogP contribution in [0.4, 0.5) is 0 Å². The second kappa shape index (κ2) is 6.40. The first-order valence-electron chi connectivity index (χ1n) is 9.35. The van der Waals surface area contributed by atoms with E-state index in [-0.39, 0.29) is 0 Å². The number of rotatable bonds is 3. The Balaban J connectivity index is 1.34. The Bertz CT molecular complexity index is 601. The number of carbonyl (C=O) groups is 1. The average Bonchev–Trinajstić information content (AvgIpc) is 3.34. The third-order valence-electron chi connectivity index (χ3n) is 6.36. The molecule has 24 heavy (non-hydrogen) atoms. The minimum atomic E-state index is 0.290.